The fraction of sp³-hybridized carbons (Fsp3) is 0.692. The molecule has 3 rings (SSSR count). The van der Waals surface area contributed by atoms with Crippen molar-refractivity contribution in [1.29, 1.82) is 0 Å². The van der Waals surface area contributed by atoms with Crippen molar-refractivity contribution in [3.63, 3.8) is 0 Å². The Bertz CT molecular complexity index is 1700. The molecule has 1 aromatic rings. The molecule has 0 spiro atoms. The smallest absolute Gasteiger partial charge is 0.315 e. The molecule has 0 bridgehead atoms. The number of fused-ring (bicyclic) bond motifs is 1. The van der Waals surface area contributed by atoms with Crippen LogP contribution in [0.3, 0.4) is 0 Å². The summed E-state index contributed by atoms with van der Waals surface area (Å²) in [5, 5.41) is 30.7. The van der Waals surface area contributed by atoms with Gasteiger partial charge in [0.2, 0.25) is 47.3 Å². The van der Waals surface area contributed by atoms with Crippen LogP contribution >= 0.6 is 23.5 Å². The first kappa shape index (κ1) is 52.2. The molecule has 0 saturated carbocycles. The number of hydrogen-bond donors (Lipinski definition) is 12. The van der Waals surface area contributed by atoms with Crippen LogP contribution in [-0.2, 0) is 44.8 Å². The van der Waals surface area contributed by atoms with E-state index in [9.17, 15) is 43.2 Å². The first-order valence-corrected chi connectivity index (χ1v) is 23.6. The van der Waals surface area contributed by atoms with Crippen LogP contribution in [0.2, 0.25) is 0 Å². The summed E-state index contributed by atoms with van der Waals surface area (Å²) in [7, 11) is 0. The zero-order chi connectivity index (χ0) is 46.3. The molecule has 13 N–H and O–H groups in total. The van der Waals surface area contributed by atoms with Gasteiger partial charge in [-0.1, -0.05) is 20.3 Å². The second kappa shape index (κ2) is 27.9. The van der Waals surface area contributed by atoms with Crippen LogP contribution in [0.15, 0.2) is 12.5 Å². The molecule has 2 saturated heterocycles. The van der Waals surface area contributed by atoms with E-state index in [-0.39, 0.29) is 55.6 Å². The van der Waals surface area contributed by atoms with Gasteiger partial charge in [0.1, 0.15) is 18.1 Å². The SMILES string of the molecule is CSCC[C@H](NC(=O)C(CC(=O)NO)CC(C)C)C(=O)N[C@@H](Cc1cnc[nH]1)C(=O)NCC(=O)NCC(=O)N[C@@H](CCCCNC(=O)CCCC[C@@H]1SC[C@@H]2NC(=O)N[C@@H]21)C(N)=O. The van der Waals surface area contributed by atoms with Crippen molar-refractivity contribution in [2.45, 2.75) is 120 Å². The molecule has 352 valence electrons. The largest absolute Gasteiger partial charge is 0.368 e. The molecule has 0 aromatic carbocycles. The highest BCUT2D eigenvalue weighted by Crippen LogP contribution is 2.33. The second-order valence-electron chi connectivity index (χ2n) is 16.0. The Morgan fingerprint density at radius 3 is 2.29 bits per heavy atom. The van der Waals surface area contributed by atoms with Crippen LogP contribution < -0.4 is 53.7 Å². The van der Waals surface area contributed by atoms with Crippen molar-refractivity contribution in [2.75, 3.05) is 37.4 Å². The Balaban J connectivity index is 1.40. The van der Waals surface area contributed by atoms with E-state index in [2.05, 4.69) is 52.5 Å². The molecule has 10 amide bonds. The molecule has 2 aliphatic rings. The number of aromatic nitrogens is 2. The van der Waals surface area contributed by atoms with Gasteiger partial charge in [-0.15, -0.1) is 0 Å². The Hall–Kier alpha value is -5.10. The predicted octanol–water partition coefficient (Wildman–Crippen LogP) is -1.55. The Kier molecular flexibility index (Phi) is 23.1. The van der Waals surface area contributed by atoms with E-state index in [0.717, 1.165) is 25.0 Å². The summed E-state index contributed by atoms with van der Waals surface area (Å²) >= 11 is 3.27. The Morgan fingerprint density at radius 2 is 1.60 bits per heavy atom. The normalized spacial score (nSPS) is 18.4. The van der Waals surface area contributed by atoms with Gasteiger partial charge in [0, 0.05) is 54.6 Å². The van der Waals surface area contributed by atoms with Gasteiger partial charge >= 0.3 is 6.03 Å². The number of H-pyrrole nitrogens is 1. The number of nitrogens with zero attached hydrogens (tertiary/aromatic N) is 1. The van der Waals surface area contributed by atoms with Crippen LogP contribution in [0.5, 0.6) is 0 Å². The predicted molar refractivity (Wildman–Crippen MR) is 235 cm³/mol. The highest BCUT2D eigenvalue weighted by atomic mass is 32.2. The lowest BCUT2D eigenvalue weighted by atomic mass is 9.92. The standard InChI is InChI=1S/C39H64N12O10S2/c1-22(2)14-23(15-31(53)51-61)36(57)47-26(11-13-62-3)38(59)48-27(16-24-17-41-21-45-24)37(58)44-18-32(54)43-19-33(55)46-25(35(40)56)8-6-7-12-42-30(52)10-5-4-9-29-34-28(20-63-29)49-39(60)50-34/h17,21-23,25-29,34,61H,4-16,18-20H2,1-3H3,(H2,40,56)(H,41,45)(H,42,52)(H,43,54)(H,44,58)(H,46,55)(H,47,57)(H,48,59)(H,51,53)(H2,49,50,60)/t23?,25-,26-,27-,28-,29-,34-/m0/s1. The summed E-state index contributed by atoms with van der Waals surface area (Å²) in [6.45, 7) is 3.02. The number of nitrogens with one attached hydrogen (secondary N) is 10. The first-order chi connectivity index (χ1) is 30.1. The van der Waals surface area contributed by atoms with Crippen molar-refractivity contribution < 1.29 is 48.4 Å². The molecular formula is C39H64N12O10S2. The third-order valence-electron chi connectivity index (χ3n) is 10.4. The molecular weight excluding hydrogens is 861 g/mol. The van der Waals surface area contributed by atoms with E-state index >= 15 is 0 Å². The zero-order valence-corrected chi connectivity index (χ0v) is 37.7. The lowest BCUT2D eigenvalue weighted by Gasteiger charge is -2.25. The summed E-state index contributed by atoms with van der Waals surface area (Å²) in [5.74, 6) is -4.47. The van der Waals surface area contributed by atoms with Gasteiger partial charge < -0.3 is 53.3 Å². The molecule has 0 radical (unpaired) electrons. The highest BCUT2D eigenvalue weighted by molar-refractivity contribution is 8.00. The lowest BCUT2D eigenvalue weighted by Crippen LogP contribution is -2.56. The van der Waals surface area contributed by atoms with Crippen LogP contribution in [-0.4, -0.2) is 141 Å². The molecule has 1 unspecified atom stereocenters. The average molecular weight is 925 g/mol. The number of aromatic amines is 1. The highest BCUT2D eigenvalue weighted by Gasteiger charge is 2.42. The number of primary amides is 1. The summed E-state index contributed by atoms with van der Waals surface area (Å²) in [5.41, 5.74) is 7.51. The summed E-state index contributed by atoms with van der Waals surface area (Å²) in [6.07, 6.45) is 8.92. The van der Waals surface area contributed by atoms with E-state index in [1.165, 1.54) is 29.8 Å². The maximum absolute atomic E-state index is 13.6. The lowest BCUT2D eigenvalue weighted by molar-refractivity contribution is -0.137. The number of imidazole rings is 1. The van der Waals surface area contributed by atoms with E-state index in [4.69, 9.17) is 10.9 Å². The van der Waals surface area contributed by atoms with E-state index in [1.54, 1.807) is 0 Å². The van der Waals surface area contributed by atoms with Crippen molar-refractivity contribution in [1.82, 2.24) is 58.0 Å². The zero-order valence-electron chi connectivity index (χ0n) is 36.0. The molecule has 24 heteroatoms. The number of carbonyl (C=O) groups excluding carboxylic acids is 9. The minimum atomic E-state index is -1.23. The number of nitrogens with two attached hydrogens (primary N) is 1. The van der Waals surface area contributed by atoms with Gasteiger partial charge in [-0.05, 0) is 62.9 Å². The van der Waals surface area contributed by atoms with Crippen LogP contribution in [0.4, 0.5) is 4.79 Å². The van der Waals surface area contributed by atoms with Crippen molar-refractivity contribution >= 4 is 76.8 Å². The van der Waals surface area contributed by atoms with E-state index < -0.39 is 78.5 Å². The number of hydrogen-bond acceptors (Lipinski definition) is 13. The summed E-state index contributed by atoms with van der Waals surface area (Å²) < 4.78 is 0. The number of rotatable bonds is 30. The van der Waals surface area contributed by atoms with Crippen molar-refractivity contribution in [3.8, 4) is 0 Å². The second-order valence-corrected chi connectivity index (χ2v) is 18.2. The molecule has 22 nitrogen and oxygen atoms in total. The molecule has 0 aliphatic carbocycles. The summed E-state index contributed by atoms with van der Waals surface area (Å²) in [4.78, 5) is 120. The van der Waals surface area contributed by atoms with Gasteiger partial charge in [-0.25, -0.2) is 15.3 Å². The van der Waals surface area contributed by atoms with Crippen molar-refractivity contribution in [2.24, 2.45) is 17.6 Å². The molecule has 7 atom stereocenters. The van der Waals surface area contributed by atoms with Crippen LogP contribution in [0, 0.1) is 11.8 Å². The first-order valence-electron chi connectivity index (χ1n) is 21.2. The van der Waals surface area contributed by atoms with Gasteiger partial charge in [0.05, 0.1) is 31.5 Å². The van der Waals surface area contributed by atoms with Gasteiger partial charge in [-0.3, -0.25) is 43.6 Å². The number of thioether (sulfide) groups is 2. The quantitative estimate of drug-likeness (QED) is 0.0180. The number of carbonyl (C=O) groups is 9. The minimum absolute atomic E-state index is 0.0237. The van der Waals surface area contributed by atoms with Gasteiger partial charge in [-0.2, -0.15) is 23.5 Å². The Morgan fingerprint density at radius 1 is 0.857 bits per heavy atom. The Labute approximate surface area is 375 Å². The molecule has 3 heterocycles. The number of unbranched alkanes of at least 4 members (excludes halogenated alkanes) is 2. The average Bonchev–Trinajstić information content (AvgIpc) is 3.99. The third kappa shape index (κ3) is 19.5. The topological polar surface area (TPSA) is 337 Å². The fourth-order valence-corrected chi connectivity index (χ4v) is 9.16. The van der Waals surface area contributed by atoms with Crippen LogP contribution in [0.25, 0.3) is 0 Å². The molecule has 2 fully saturated rings. The van der Waals surface area contributed by atoms with E-state index in [1.807, 2.05) is 31.9 Å². The minimum Gasteiger partial charge on any atom is -0.368 e. The molecule has 1 aromatic heterocycles. The monoisotopic (exact) mass is 924 g/mol. The maximum Gasteiger partial charge on any atom is 0.315 e. The molecule has 2 aliphatic heterocycles. The molecule has 63 heavy (non-hydrogen) atoms. The number of amides is 10. The third-order valence-corrected chi connectivity index (χ3v) is 12.6. The van der Waals surface area contributed by atoms with Gasteiger partial charge in [0.15, 0.2) is 0 Å². The van der Waals surface area contributed by atoms with Gasteiger partial charge in [0.25, 0.3) is 0 Å². The number of hydroxylamine groups is 1. The van der Waals surface area contributed by atoms with Crippen LogP contribution in [0.1, 0.15) is 83.7 Å². The van der Waals surface area contributed by atoms with E-state index in [0.29, 0.717) is 48.9 Å². The maximum atomic E-state index is 13.6. The fourth-order valence-electron chi connectivity index (χ4n) is 7.14. The summed E-state index contributed by atoms with van der Waals surface area (Å²) in [6, 6.07) is -3.14. The van der Waals surface area contributed by atoms with Crippen molar-refractivity contribution in [3.05, 3.63) is 18.2 Å². The number of urea groups is 1.